The van der Waals surface area contributed by atoms with Crippen molar-refractivity contribution in [2.24, 2.45) is 0 Å². The quantitative estimate of drug-likeness (QED) is 0.600. The van der Waals surface area contributed by atoms with Crippen molar-refractivity contribution in [3.63, 3.8) is 0 Å². The van der Waals surface area contributed by atoms with Crippen LogP contribution in [0.1, 0.15) is 20.8 Å². The van der Waals surface area contributed by atoms with Crippen LogP contribution in [0.3, 0.4) is 0 Å². The fraction of sp³-hybridized carbons (Fsp3) is 0.875. The van der Waals surface area contributed by atoms with Crippen LogP contribution in [0.4, 0.5) is 4.79 Å². The van der Waals surface area contributed by atoms with E-state index in [9.17, 15) is 4.79 Å². The molecule has 0 bridgehead atoms. The molecular weight excluding hydrogens is 190 g/mol. The minimum atomic E-state index is -0.527. The van der Waals surface area contributed by atoms with Crippen LogP contribution in [0.5, 0.6) is 0 Å². The number of aliphatic hydroxyl groups excluding tert-OH is 1. The second-order valence-corrected chi connectivity index (χ2v) is 4.07. The van der Waals surface area contributed by atoms with Gasteiger partial charge in [0.2, 0.25) is 0 Å². The summed E-state index contributed by atoms with van der Waals surface area (Å²) in [4.78, 5) is 11.1. The highest BCUT2D eigenvalue weighted by Crippen LogP contribution is 2.06. The Hall–Kier alpha value is -0.420. The van der Waals surface area contributed by atoms with Crippen molar-refractivity contribution in [2.75, 3.05) is 12.4 Å². The molecule has 0 aromatic heterocycles. The second kappa shape index (κ2) is 5.34. The summed E-state index contributed by atoms with van der Waals surface area (Å²) in [6.07, 6.45) is -0.527. The maximum Gasteiger partial charge on any atom is 0.407 e. The van der Waals surface area contributed by atoms with E-state index in [0.29, 0.717) is 5.75 Å². The number of hydrogen-bond donors (Lipinski definition) is 3. The molecule has 2 N–H and O–H groups in total. The number of aliphatic hydroxyl groups is 1. The number of ether oxygens (including phenoxy) is 1. The van der Waals surface area contributed by atoms with E-state index in [1.807, 2.05) is 0 Å². The Labute approximate surface area is 84.1 Å². The van der Waals surface area contributed by atoms with Crippen LogP contribution < -0.4 is 5.32 Å². The summed E-state index contributed by atoms with van der Waals surface area (Å²) in [6.45, 7) is 5.20. The van der Waals surface area contributed by atoms with E-state index >= 15 is 0 Å². The summed E-state index contributed by atoms with van der Waals surface area (Å²) in [6, 6.07) is -0.349. The van der Waals surface area contributed by atoms with Crippen LogP contribution in [0, 0.1) is 0 Å². The van der Waals surface area contributed by atoms with Gasteiger partial charge in [0.05, 0.1) is 12.6 Å². The van der Waals surface area contributed by atoms with Crippen molar-refractivity contribution in [1.82, 2.24) is 5.32 Å². The number of amides is 1. The standard InChI is InChI=1S/C8H17NO3S/c1-8(2,3)12-7(11)9-6(4-10)5-13/h6,10,13H,4-5H2,1-3H3,(H,9,11)/t6-/m0/s1. The van der Waals surface area contributed by atoms with Crippen molar-refractivity contribution in [3.8, 4) is 0 Å². The lowest BCUT2D eigenvalue weighted by Crippen LogP contribution is -2.42. The van der Waals surface area contributed by atoms with Crippen LogP contribution in [-0.2, 0) is 4.74 Å². The van der Waals surface area contributed by atoms with Gasteiger partial charge in [0.15, 0.2) is 0 Å². The van der Waals surface area contributed by atoms with Crippen LogP contribution in [0.15, 0.2) is 0 Å². The second-order valence-electron chi connectivity index (χ2n) is 3.71. The van der Waals surface area contributed by atoms with Gasteiger partial charge < -0.3 is 15.2 Å². The normalized spacial score (nSPS) is 13.6. The topological polar surface area (TPSA) is 58.6 Å². The average molecular weight is 207 g/mol. The largest absolute Gasteiger partial charge is 0.444 e. The number of thiol groups is 1. The Kier molecular flexibility index (Phi) is 5.17. The lowest BCUT2D eigenvalue weighted by molar-refractivity contribution is 0.0491. The molecule has 78 valence electrons. The molecule has 13 heavy (non-hydrogen) atoms. The Morgan fingerprint density at radius 3 is 2.46 bits per heavy atom. The molecule has 0 aromatic rings. The maximum absolute atomic E-state index is 11.1. The van der Waals surface area contributed by atoms with Crippen LogP contribution >= 0.6 is 12.6 Å². The molecule has 0 rings (SSSR count). The summed E-state index contributed by atoms with van der Waals surface area (Å²) < 4.78 is 4.98. The highest BCUT2D eigenvalue weighted by atomic mass is 32.1. The van der Waals surface area contributed by atoms with E-state index < -0.39 is 11.7 Å². The van der Waals surface area contributed by atoms with E-state index in [2.05, 4.69) is 17.9 Å². The Morgan fingerprint density at radius 1 is 1.62 bits per heavy atom. The van der Waals surface area contributed by atoms with E-state index in [-0.39, 0.29) is 12.6 Å². The molecule has 0 unspecified atom stereocenters. The molecular formula is C8H17NO3S. The first kappa shape index (κ1) is 12.6. The van der Waals surface area contributed by atoms with Gasteiger partial charge in [0.25, 0.3) is 0 Å². The number of alkyl carbamates (subject to hydrolysis) is 1. The van der Waals surface area contributed by atoms with Crippen LogP contribution in [0.2, 0.25) is 0 Å². The van der Waals surface area contributed by atoms with Crippen LogP contribution in [0.25, 0.3) is 0 Å². The van der Waals surface area contributed by atoms with E-state index in [4.69, 9.17) is 9.84 Å². The Balaban J connectivity index is 3.86. The summed E-state index contributed by atoms with van der Waals surface area (Å²) in [7, 11) is 0. The van der Waals surface area contributed by atoms with E-state index in [1.54, 1.807) is 20.8 Å². The molecule has 0 aromatic carbocycles. The van der Waals surface area contributed by atoms with Gasteiger partial charge in [0.1, 0.15) is 5.60 Å². The molecule has 5 heteroatoms. The van der Waals surface area contributed by atoms with Crippen molar-refractivity contribution < 1.29 is 14.6 Å². The number of nitrogens with one attached hydrogen (secondary N) is 1. The summed E-state index contributed by atoms with van der Waals surface area (Å²) in [5.41, 5.74) is -0.513. The molecule has 0 spiro atoms. The molecule has 0 saturated carbocycles. The van der Waals surface area contributed by atoms with Crippen molar-refractivity contribution >= 4 is 18.7 Å². The van der Waals surface area contributed by atoms with Gasteiger partial charge in [-0.1, -0.05) is 0 Å². The molecule has 1 atom stereocenters. The third-order valence-corrected chi connectivity index (χ3v) is 1.60. The lowest BCUT2D eigenvalue weighted by atomic mass is 10.2. The summed E-state index contributed by atoms with van der Waals surface area (Å²) in [5, 5.41) is 11.2. The molecule has 0 radical (unpaired) electrons. The Bertz CT molecular complexity index is 163. The highest BCUT2D eigenvalue weighted by molar-refractivity contribution is 7.80. The Morgan fingerprint density at radius 2 is 2.15 bits per heavy atom. The smallest absolute Gasteiger partial charge is 0.407 e. The average Bonchev–Trinajstić information content (AvgIpc) is 1.96. The zero-order chi connectivity index (χ0) is 10.5. The number of carbonyl (C=O) groups excluding carboxylic acids is 1. The molecule has 0 fully saturated rings. The van der Waals surface area contributed by atoms with E-state index in [0.717, 1.165) is 0 Å². The third kappa shape index (κ3) is 6.72. The predicted molar refractivity (Wildman–Crippen MR) is 54.1 cm³/mol. The van der Waals surface area contributed by atoms with Gasteiger partial charge in [-0.25, -0.2) is 4.79 Å². The third-order valence-electron chi connectivity index (χ3n) is 1.16. The number of carbonyl (C=O) groups is 1. The minimum Gasteiger partial charge on any atom is -0.444 e. The van der Waals surface area contributed by atoms with Crippen LogP contribution in [-0.4, -0.2) is 35.2 Å². The van der Waals surface area contributed by atoms with E-state index in [1.165, 1.54) is 0 Å². The zero-order valence-corrected chi connectivity index (χ0v) is 9.10. The number of rotatable bonds is 3. The van der Waals surface area contributed by atoms with Crippen molar-refractivity contribution in [1.29, 1.82) is 0 Å². The molecule has 0 saturated heterocycles. The van der Waals surface area contributed by atoms with Gasteiger partial charge in [-0.3, -0.25) is 0 Å². The molecule has 0 aliphatic rings. The van der Waals surface area contributed by atoms with Gasteiger partial charge in [-0.05, 0) is 20.8 Å². The minimum absolute atomic E-state index is 0.136. The zero-order valence-electron chi connectivity index (χ0n) is 8.20. The predicted octanol–water partition coefficient (Wildman–Crippen LogP) is 0.802. The molecule has 0 heterocycles. The van der Waals surface area contributed by atoms with Gasteiger partial charge in [-0.15, -0.1) is 0 Å². The van der Waals surface area contributed by atoms with Gasteiger partial charge in [-0.2, -0.15) is 12.6 Å². The monoisotopic (exact) mass is 207 g/mol. The first-order valence-corrected chi connectivity index (χ1v) is 4.73. The maximum atomic E-state index is 11.1. The summed E-state index contributed by atoms with van der Waals surface area (Å²) in [5.74, 6) is 0.385. The number of hydrogen-bond acceptors (Lipinski definition) is 4. The molecule has 4 nitrogen and oxygen atoms in total. The fourth-order valence-corrected chi connectivity index (χ4v) is 0.830. The molecule has 0 aliphatic heterocycles. The highest BCUT2D eigenvalue weighted by Gasteiger charge is 2.18. The first-order valence-electron chi connectivity index (χ1n) is 4.10. The molecule has 1 amide bonds. The van der Waals surface area contributed by atoms with Crippen molar-refractivity contribution in [2.45, 2.75) is 32.4 Å². The molecule has 0 aliphatic carbocycles. The SMILES string of the molecule is CC(C)(C)OC(=O)N[C@@H](CO)CS. The lowest BCUT2D eigenvalue weighted by Gasteiger charge is -2.21. The van der Waals surface area contributed by atoms with Crippen molar-refractivity contribution in [3.05, 3.63) is 0 Å². The fourth-order valence-electron chi connectivity index (χ4n) is 0.623. The first-order chi connectivity index (χ1) is 5.89. The van der Waals surface area contributed by atoms with Gasteiger partial charge >= 0.3 is 6.09 Å². The van der Waals surface area contributed by atoms with Gasteiger partial charge in [0, 0.05) is 5.75 Å². The summed E-state index contributed by atoms with van der Waals surface area (Å²) >= 11 is 3.95.